The molecule has 1 heterocycles. The van der Waals surface area contributed by atoms with Gasteiger partial charge in [0.25, 0.3) is 0 Å². The first kappa shape index (κ1) is 22.1. The van der Waals surface area contributed by atoms with E-state index < -0.39 is 0 Å². The molecule has 0 saturated heterocycles. The molecule has 38 heavy (non-hydrogen) atoms. The normalized spacial score (nSPS) is 11.2. The zero-order valence-electron chi connectivity index (χ0n) is 20.9. The van der Waals surface area contributed by atoms with Gasteiger partial charge in [-0.3, -0.25) is 0 Å². The average Bonchev–Trinajstić information content (AvgIpc) is 3.32. The van der Waals surface area contributed by atoms with Crippen LogP contribution in [0.3, 0.4) is 0 Å². The van der Waals surface area contributed by atoms with Crippen LogP contribution in [0.1, 0.15) is 0 Å². The maximum absolute atomic E-state index is 3.84. The second-order valence-electron chi connectivity index (χ2n) is 9.51. The number of rotatable bonds is 5. The number of fused-ring (bicyclic) bond motifs is 3. The van der Waals surface area contributed by atoms with Crippen molar-refractivity contribution in [1.82, 2.24) is 4.57 Å². The zero-order valence-corrected chi connectivity index (χ0v) is 20.9. The topological polar surface area (TPSA) is 17.0 Å². The lowest BCUT2D eigenvalue weighted by Crippen LogP contribution is -1.98. The van der Waals surface area contributed by atoms with Gasteiger partial charge in [-0.2, -0.15) is 0 Å². The van der Waals surface area contributed by atoms with E-state index >= 15 is 0 Å². The van der Waals surface area contributed by atoms with Crippen LogP contribution < -0.4 is 5.32 Å². The van der Waals surface area contributed by atoms with Gasteiger partial charge >= 0.3 is 0 Å². The first-order valence-corrected chi connectivity index (χ1v) is 13.0. The third-order valence-electron chi connectivity index (χ3n) is 7.19. The molecule has 0 spiro atoms. The summed E-state index contributed by atoms with van der Waals surface area (Å²) in [6.45, 7) is 0. The van der Waals surface area contributed by atoms with E-state index in [-0.39, 0.29) is 0 Å². The maximum Gasteiger partial charge on any atom is 0.0561 e. The predicted molar refractivity (Wildman–Crippen MR) is 161 cm³/mol. The van der Waals surface area contributed by atoms with Crippen LogP contribution in [-0.2, 0) is 0 Å². The van der Waals surface area contributed by atoms with Crippen molar-refractivity contribution in [1.29, 1.82) is 0 Å². The number of nitrogens with zero attached hydrogens (tertiary/aromatic N) is 1. The summed E-state index contributed by atoms with van der Waals surface area (Å²) in [5, 5.41) is 6.34. The van der Waals surface area contributed by atoms with Gasteiger partial charge in [0.1, 0.15) is 0 Å². The number of aromatic nitrogens is 1. The molecule has 0 aliphatic carbocycles. The number of benzene rings is 6. The van der Waals surface area contributed by atoms with Gasteiger partial charge in [0.05, 0.1) is 16.7 Å². The molecule has 0 aliphatic heterocycles. The molecular weight excluding hydrogens is 460 g/mol. The summed E-state index contributed by atoms with van der Waals surface area (Å²) in [7, 11) is 0. The highest BCUT2D eigenvalue weighted by molar-refractivity contribution is 6.10. The molecular formula is C36H26N2. The van der Waals surface area contributed by atoms with Crippen LogP contribution in [0.25, 0.3) is 49.7 Å². The van der Waals surface area contributed by atoms with E-state index in [1.807, 2.05) is 0 Å². The molecule has 180 valence electrons. The van der Waals surface area contributed by atoms with Crippen molar-refractivity contribution < 1.29 is 0 Å². The minimum absolute atomic E-state index is 1.05. The molecule has 0 atom stereocenters. The zero-order chi connectivity index (χ0) is 25.3. The van der Waals surface area contributed by atoms with Crippen LogP contribution in [0.15, 0.2) is 152 Å². The fraction of sp³-hybridized carbons (Fsp3) is 0. The van der Waals surface area contributed by atoms with Crippen LogP contribution in [0, 0.1) is 0 Å². The molecule has 0 aliphatic rings. The van der Waals surface area contributed by atoms with Crippen molar-refractivity contribution in [2.75, 3.05) is 5.32 Å². The van der Waals surface area contributed by atoms with E-state index in [1.165, 1.54) is 44.1 Å². The molecule has 1 N–H and O–H groups in total. The van der Waals surface area contributed by atoms with Gasteiger partial charge in [-0.15, -0.1) is 0 Å². The number of hydrogen-bond donors (Lipinski definition) is 1. The highest BCUT2D eigenvalue weighted by atomic mass is 15.0. The van der Waals surface area contributed by atoms with Gasteiger partial charge in [0.15, 0.2) is 0 Å². The van der Waals surface area contributed by atoms with E-state index in [2.05, 4.69) is 162 Å². The second-order valence-corrected chi connectivity index (χ2v) is 9.51. The highest BCUT2D eigenvalue weighted by Gasteiger charge is 2.15. The van der Waals surface area contributed by atoms with Crippen molar-refractivity contribution in [3.05, 3.63) is 152 Å². The molecule has 0 unspecified atom stereocenters. The molecule has 7 aromatic rings. The third kappa shape index (κ3) is 3.84. The van der Waals surface area contributed by atoms with Gasteiger partial charge in [0, 0.05) is 33.3 Å². The first-order valence-electron chi connectivity index (χ1n) is 13.0. The minimum atomic E-state index is 1.05. The number of nitrogens with one attached hydrogen (secondary N) is 1. The Morgan fingerprint density at radius 3 is 1.63 bits per heavy atom. The molecule has 1 aromatic heterocycles. The van der Waals surface area contributed by atoms with Crippen molar-refractivity contribution in [3.8, 4) is 27.9 Å². The molecule has 7 rings (SSSR count). The molecule has 0 fully saturated rings. The minimum Gasteiger partial charge on any atom is -0.354 e. The van der Waals surface area contributed by atoms with Crippen molar-refractivity contribution in [3.63, 3.8) is 0 Å². The van der Waals surface area contributed by atoms with Gasteiger partial charge in [0.2, 0.25) is 0 Å². The van der Waals surface area contributed by atoms with Crippen LogP contribution in [0.4, 0.5) is 11.4 Å². The Kier molecular flexibility index (Phi) is 5.49. The Bertz CT molecular complexity index is 1810. The van der Waals surface area contributed by atoms with Crippen LogP contribution in [0.2, 0.25) is 0 Å². The van der Waals surface area contributed by atoms with Gasteiger partial charge < -0.3 is 9.88 Å². The lowest BCUT2D eigenvalue weighted by molar-refractivity contribution is 1.18. The summed E-state index contributed by atoms with van der Waals surface area (Å²) in [6, 6.07) is 53.7. The fourth-order valence-corrected chi connectivity index (χ4v) is 5.45. The summed E-state index contributed by atoms with van der Waals surface area (Å²) in [4.78, 5) is 0. The summed E-state index contributed by atoms with van der Waals surface area (Å²) in [5.74, 6) is 0. The van der Waals surface area contributed by atoms with Gasteiger partial charge in [-0.05, 0) is 41.5 Å². The van der Waals surface area contributed by atoms with Gasteiger partial charge in [-0.1, -0.05) is 121 Å². The Morgan fingerprint density at radius 1 is 0.421 bits per heavy atom. The maximum atomic E-state index is 3.84. The monoisotopic (exact) mass is 486 g/mol. The van der Waals surface area contributed by atoms with Crippen molar-refractivity contribution in [2.24, 2.45) is 0 Å². The first-order chi connectivity index (χ1) is 18.9. The summed E-state index contributed by atoms with van der Waals surface area (Å²) < 4.78 is 2.36. The lowest BCUT2D eigenvalue weighted by atomic mass is 9.95. The molecule has 2 heteroatoms. The third-order valence-corrected chi connectivity index (χ3v) is 7.19. The quantitative estimate of drug-likeness (QED) is 0.256. The summed E-state index contributed by atoms with van der Waals surface area (Å²) >= 11 is 0. The van der Waals surface area contributed by atoms with Crippen molar-refractivity contribution >= 4 is 33.2 Å². The number of anilines is 2. The molecule has 0 bridgehead atoms. The highest BCUT2D eigenvalue weighted by Crippen LogP contribution is 2.40. The Balaban J connectivity index is 1.44. The number of para-hydroxylation sites is 3. The fourth-order valence-electron chi connectivity index (χ4n) is 5.45. The van der Waals surface area contributed by atoms with Crippen LogP contribution in [-0.4, -0.2) is 4.57 Å². The van der Waals surface area contributed by atoms with E-state index in [1.54, 1.807) is 0 Å². The van der Waals surface area contributed by atoms with E-state index in [9.17, 15) is 0 Å². The SMILES string of the molecule is c1ccc(-c2cccc(-c3ccccc3)c2Nc2ccc3c4ccccc4n(-c4ccccc4)c3c2)cc1. The van der Waals surface area contributed by atoms with Crippen LogP contribution >= 0.6 is 0 Å². The second kappa shape index (κ2) is 9.42. The lowest BCUT2D eigenvalue weighted by Gasteiger charge is -2.18. The Hall–Kier alpha value is -5.08. The average molecular weight is 487 g/mol. The largest absolute Gasteiger partial charge is 0.354 e. The summed E-state index contributed by atoms with van der Waals surface area (Å²) in [6.07, 6.45) is 0. The molecule has 0 saturated carbocycles. The summed E-state index contributed by atoms with van der Waals surface area (Å²) in [5.41, 5.74) is 10.4. The number of hydrogen-bond acceptors (Lipinski definition) is 1. The van der Waals surface area contributed by atoms with E-state index in [0.717, 1.165) is 17.1 Å². The van der Waals surface area contributed by atoms with Crippen molar-refractivity contribution in [2.45, 2.75) is 0 Å². The Morgan fingerprint density at radius 2 is 0.974 bits per heavy atom. The van der Waals surface area contributed by atoms with E-state index in [4.69, 9.17) is 0 Å². The predicted octanol–water partition coefficient (Wildman–Crippen LogP) is 9.86. The molecule has 0 amide bonds. The Labute approximate surface area is 222 Å². The van der Waals surface area contributed by atoms with E-state index in [0.29, 0.717) is 0 Å². The van der Waals surface area contributed by atoms with Gasteiger partial charge in [-0.25, -0.2) is 0 Å². The van der Waals surface area contributed by atoms with Crippen LogP contribution in [0.5, 0.6) is 0 Å². The molecule has 6 aromatic carbocycles. The molecule has 2 nitrogen and oxygen atoms in total. The smallest absolute Gasteiger partial charge is 0.0561 e. The standard InChI is InChI=1S/C36H26N2/c1-4-13-26(14-5-1)30-20-12-21-31(27-15-6-2-7-16-27)36(30)37-28-23-24-33-32-19-10-11-22-34(32)38(35(33)25-28)29-17-8-3-9-18-29/h1-25,37H. The molecule has 0 radical (unpaired) electrons.